The molecule has 0 amide bonds. The van der Waals surface area contributed by atoms with Gasteiger partial charge in [-0.05, 0) is 80.4 Å². The molecule has 1 heteroatoms. The molecule has 266 valence electrons. The molecule has 0 aromatic heterocycles. The Balaban J connectivity index is 1.20. The van der Waals surface area contributed by atoms with Crippen molar-refractivity contribution in [1.82, 2.24) is 0 Å². The van der Waals surface area contributed by atoms with E-state index in [9.17, 15) is 0 Å². The third-order valence-electron chi connectivity index (χ3n) is 11.9. The Morgan fingerprint density at radius 3 is 1.50 bits per heavy atom. The minimum Gasteiger partial charge on any atom is -0.310 e. The van der Waals surface area contributed by atoms with Crippen molar-refractivity contribution < 1.29 is 0 Å². The van der Waals surface area contributed by atoms with Crippen molar-refractivity contribution in [1.29, 1.82) is 0 Å². The van der Waals surface area contributed by atoms with Crippen LogP contribution in [0.2, 0.25) is 0 Å². The summed E-state index contributed by atoms with van der Waals surface area (Å²) in [5, 5.41) is 0. The van der Waals surface area contributed by atoms with Gasteiger partial charge in [-0.25, -0.2) is 0 Å². The molecule has 2 aliphatic carbocycles. The molecule has 0 aliphatic heterocycles. The first-order chi connectivity index (χ1) is 27.8. The highest BCUT2D eigenvalue weighted by Gasteiger charge is 2.53. The fourth-order valence-electron chi connectivity index (χ4n) is 9.32. The van der Waals surface area contributed by atoms with Gasteiger partial charge in [0.25, 0.3) is 0 Å². The molecule has 0 fully saturated rings. The third kappa shape index (κ3) is 5.72. The van der Waals surface area contributed by atoms with Gasteiger partial charge in [-0.3, -0.25) is 0 Å². The SMILES string of the molecule is C1=CC2c3ccc(N(c4ccc(-c5ccccc5)cc4)c4ccccc4-c4ccccc4)cc3C(c3ccccc3)(c3ccc(-c4ccccc4)cc3)C2C=C1. The lowest BCUT2D eigenvalue weighted by Crippen LogP contribution is -2.35. The van der Waals surface area contributed by atoms with Gasteiger partial charge < -0.3 is 4.90 Å². The molecule has 1 nitrogen and oxygen atoms in total. The van der Waals surface area contributed by atoms with Crippen LogP contribution in [-0.2, 0) is 5.41 Å². The van der Waals surface area contributed by atoms with Crippen LogP contribution in [0.3, 0.4) is 0 Å². The van der Waals surface area contributed by atoms with E-state index in [2.05, 4.69) is 242 Å². The topological polar surface area (TPSA) is 3.24 Å². The standard InChI is InChI=1S/C55H41N/c1-5-17-40(18-6-1)42-29-33-46(34-30-42)55(45-23-11-4-12-24-45)52-27-15-13-26-50(52)51-38-37-48(39-53(51)55)56(47-35-31-43(32-36-47)41-19-7-2-8-20-41)54-28-16-14-25-49(54)44-21-9-3-10-22-44/h1-39,50,52H. The Hall–Kier alpha value is -6.96. The van der Waals surface area contributed by atoms with E-state index in [1.807, 2.05) is 0 Å². The van der Waals surface area contributed by atoms with Crippen LogP contribution in [0, 0.1) is 5.92 Å². The molecule has 8 aromatic carbocycles. The summed E-state index contributed by atoms with van der Waals surface area (Å²) >= 11 is 0. The molecule has 10 rings (SSSR count). The first-order valence-electron chi connectivity index (χ1n) is 19.6. The summed E-state index contributed by atoms with van der Waals surface area (Å²) in [6.07, 6.45) is 9.35. The van der Waals surface area contributed by atoms with Crippen molar-refractivity contribution in [2.75, 3.05) is 4.90 Å². The van der Waals surface area contributed by atoms with Crippen molar-refractivity contribution in [3.63, 3.8) is 0 Å². The molecule has 0 spiro atoms. The predicted octanol–water partition coefficient (Wildman–Crippen LogP) is 14.3. The highest BCUT2D eigenvalue weighted by Crippen LogP contribution is 2.60. The number of allylic oxidation sites excluding steroid dienone is 4. The molecule has 8 aromatic rings. The molecule has 3 unspecified atom stereocenters. The van der Waals surface area contributed by atoms with Gasteiger partial charge in [-0.2, -0.15) is 0 Å². The van der Waals surface area contributed by atoms with E-state index in [1.54, 1.807) is 0 Å². The number of nitrogens with zero attached hydrogens (tertiary/aromatic N) is 1. The maximum absolute atomic E-state index is 2.50. The van der Waals surface area contributed by atoms with Gasteiger partial charge in [0.1, 0.15) is 0 Å². The zero-order valence-electron chi connectivity index (χ0n) is 31.1. The number of para-hydroxylation sites is 1. The van der Waals surface area contributed by atoms with Gasteiger partial charge in [0.2, 0.25) is 0 Å². The molecule has 3 atom stereocenters. The Morgan fingerprint density at radius 1 is 0.375 bits per heavy atom. The maximum atomic E-state index is 2.50. The Morgan fingerprint density at radius 2 is 0.857 bits per heavy atom. The van der Waals surface area contributed by atoms with Crippen molar-refractivity contribution in [2.45, 2.75) is 11.3 Å². The first kappa shape index (κ1) is 33.6. The lowest BCUT2D eigenvalue weighted by Gasteiger charge is -2.39. The highest BCUT2D eigenvalue weighted by atomic mass is 15.1. The number of hydrogen-bond acceptors (Lipinski definition) is 1. The summed E-state index contributed by atoms with van der Waals surface area (Å²) in [4.78, 5) is 2.46. The van der Waals surface area contributed by atoms with Crippen LogP contribution in [-0.4, -0.2) is 0 Å². The molecule has 0 saturated heterocycles. The number of anilines is 3. The van der Waals surface area contributed by atoms with E-state index in [4.69, 9.17) is 0 Å². The molecule has 56 heavy (non-hydrogen) atoms. The predicted molar refractivity (Wildman–Crippen MR) is 235 cm³/mol. The Bertz CT molecular complexity index is 2660. The van der Waals surface area contributed by atoms with Crippen LogP contribution >= 0.6 is 0 Å². The van der Waals surface area contributed by atoms with E-state index in [0.717, 1.165) is 17.1 Å². The normalized spacial score (nSPS) is 17.9. The minimum absolute atomic E-state index is 0.206. The van der Waals surface area contributed by atoms with Crippen molar-refractivity contribution in [2.24, 2.45) is 5.92 Å². The van der Waals surface area contributed by atoms with Gasteiger partial charge in [0.15, 0.2) is 0 Å². The Kier molecular flexibility index (Phi) is 8.61. The second-order valence-electron chi connectivity index (χ2n) is 14.8. The van der Waals surface area contributed by atoms with E-state index < -0.39 is 5.41 Å². The van der Waals surface area contributed by atoms with E-state index >= 15 is 0 Å². The first-order valence-corrected chi connectivity index (χ1v) is 19.6. The zero-order chi connectivity index (χ0) is 37.3. The van der Waals surface area contributed by atoms with Crippen molar-refractivity contribution in [3.8, 4) is 33.4 Å². The van der Waals surface area contributed by atoms with Crippen LogP contribution in [0.25, 0.3) is 33.4 Å². The summed E-state index contributed by atoms with van der Waals surface area (Å²) < 4.78 is 0. The third-order valence-corrected chi connectivity index (χ3v) is 11.9. The van der Waals surface area contributed by atoms with Gasteiger partial charge in [-0.1, -0.05) is 206 Å². The van der Waals surface area contributed by atoms with Crippen LogP contribution < -0.4 is 4.90 Å². The number of benzene rings is 8. The number of rotatable bonds is 8. The van der Waals surface area contributed by atoms with E-state index in [-0.39, 0.29) is 11.8 Å². The lowest BCUT2D eigenvalue weighted by molar-refractivity contribution is 0.457. The molecule has 0 bridgehead atoms. The average molecular weight is 716 g/mol. The molecule has 2 aliphatic rings. The summed E-state index contributed by atoms with van der Waals surface area (Å²) in [6, 6.07) is 77.8. The van der Waals surface area contributed by atoms with Gasteiger partial charge >= 0.3 is 0 Å². The molecule has 0 radical (unpaired) electrons. The van der Waals surface area contributed by atoms with Crippen molar-refractivity contribution >= 4 is 17.1 Å². The van der Waals surface area contributed by atoms with E-state index in [0.29, 0.717) is 0 Å². The smallest absolute Gasteiger partial charge is 0.0540 e. The monoisotopic (exact) mass is 715 g/mol. The Labute approximate surface area is 330 Å². The van der Waals surface area contributed by atoms with E-state index in [1.165, 1.54) is 55.6 Å². The fourth-order valence-corrected chi connectivity index (χ4v) is 9.32. The van der Waals surface area contributed by atoms with Crippen LogP contribution in [0.1, 0.15) is 28.2 Å². The van der Waals surface area contributed by atoms with Crippen LogP contribution in [0.15, 0.2) is 237 Å². The van der Waals surface area contributed by atoms with Crippen molar-refractivity contribution in [3.05, 3.63) is 259 Å². The minimum atomic E-state index is -0.421. The highest BCUT2D eigenvalue weighted by molar-refractivity contribution is 5.89. The molecular weight excluding hydrogens is 675 g/mol. The molecular formula is C55H41N. The molecule has 0 saturated carbocycles. The second kappa shape index (κ2) is 14.4. The number of hydrogen-bond donors (Lipinski definition) is 0. The quantitative estimate of drug-likeness (QED) is 0.151. The fraction of sp³-hybridized carbons (Fsp3) is 0.0545. The largest absolute Gasteiger partial charge is 0.310 e. The maximum Gasteiger partial charge on any atom is 0.0540 e. The zero-order valence-corrected chi connectivity index (χ0v) is 31.1. The second-order valence-corrected chi connectivity index (χ2v) is 14.8. The van der Waals surface area contributed by atoms with Gasteiger partial charge in [0, 0.05) is 28.8 Å². The summed E-state index contributed by atoms with van der Waals surface area (Å²) in [7, 11) is 0. The molecule has 0 N–H and O–H groups in total. The summed E-state index contributed by atoms with van der Waals surface area (Å²) in [6.45, 7) is 0. The molecule has 0 heterocycles. The summed E-state index contributed by atoms with van der Waals surface area (Å²) in [5.74, 6) is 0.450. The lowest BCUT2D eigenvalue weighted by atomic mass is 9.63. The average Bonchev–Trinajstić information content (AvgIpc) is 3.58. The number of fused-ring (bicyclic) bond motifs is 3. The van der Waals surface area contributed by atoms with Crippen LogP contribution in [0.4, 0.5) is 17.1 Å². The van der Waals surface area contributed by atoms with Crippen LogP contribution in [0.5, 0.6) is 0 Å². The summed E-state index contributed by atoms with van der Waals surface area (Å²) in [5.41, 5.74) is 15.5. The van der Waals surface area contributed by atoms with Gasteiger partial charge in [0.05, 0.1) is 11.1 Å². The van der Waals surface area contributed by atoms with Gasteiger partial charge in [-0.15, -0.1) is 0 Å².